The lowest BCUT2D eigenvalue weighted by Crippen LogP contribution is -2.51. The van der Waals surface area contributed by atoms with Crippen LogP contribution in [0, 0.1) is 28.6 Å². The minimum Gasteiger partial charge on any atom is -0.337 e. The van der Waals surface area contributed by atoms with Crippen molar-refractivity contribution in [2.45, 2.75) is 32.9 Å². The fourth-order valence-electron chi connectivity index (χ4n) is 2.20. The van der Waals surface area contributed by atoms with E-state index in [1.165, 1.54) is 0 Å². The molecule has 0 saturated carbocycles. The zero-order valence-corrected chi connectivity index (χ0v) is 14.5. The van der Waals surface area contributed by atoms with Crippen molar-refractivity contribution in [3.05, 3.63) is 48.0 Å². The van der Waals surface area contributed by atoms with Gasteiger partial charge in [-0.2, -0.15) is 10.5 Å². The molecule has 1 N–H and O–H groups in total. The van der Waals surface area contributed by atoms with Crippen LogP contribution in [0.1, 0.15) is 31.9 Å². The fraction of sp³-hybridized carbons (Fsp3) is 0.421. The van der Waals surface area contributed by atoms with Gasteiger partial charge in [-0.25, -0.2) is 0 Å². The van der Waals surface area contributed by atoms with Gasteiger partial charge in [0.25, 0.3) is 0 Å². The third kappa shape index (κ3) is 5.53. The molecule has 5 heteroatoms. The summed E-state index contributed by atoms with van der Waals surface area (Å²) in [6.45, 7) is 10.5. The van der Waals surface area contributed by atoms with Gasteiger partial charge in [0.15, 0.2) is 0 Å². The van der Waals surface area contributed by atoms with Crippen LogP contribution >= 0.6 is 0 Å². The average molecular weight is 324 g/mol. The minimum absolute atomic E-state index is 0.00612. The van der Waals surface area contributed by atoms with Crippen molar-refractivity contribution in [2.75, 3.05) is 13.1 Å². The number of nitriles is 2. The molecule has 0 aromatic heterocycles. The fourth-order valence-corrected chi connectivity index (χ4v) is 2.20. The SMILES string of the molecule is C=CCN(CC(=O)N[C@@](C)(C#N)C(C)C)Cc1cccc(C#N)c1. The molecule has 0 unspecified atom stereocenters. The second-order valence-electron chi connectivity index (χ2n) is 6.29. The Labute approximate surface area is 144 Å². The van der Waals surface area contributed by atoms with Crippen LogP contribution in [0.25, 0.3) is 0 Å². The molecule has 0 heterocycles. The van der Waals surface area contributed by atoms with Gasteiger partial charge in [0.1, 0.15) is 5.54 Å². The summed E-state index contributed by atoms with van der Waals surface area (Å²) in [5, 5.41) is 21.1. The zero-order valence-electron chi connectivity index (χ0n) is 14.5. The molecule has 5 nitrogen and oxygen atoms in total. The van der Waals surface area contributed by atoms with Gasteiger partial charge in [0.05, 0.1) is 24.2 Å². The van der Waals surface area contributed by atoms with Crippen LogP contribution in [0.15, 0.2) is 36.9 Å². The minimum atomic E-state index is -0.891. The lowest BCUT2D eigenvalue weighted by Gasteiger charge is -2.29. The number of carbonyl (C=O) groups excluding carboxylic acids is 1. The van der Waals surface area contributed by atoms with Gasteiger partial charge in [0.2, 0.25) is 5.91 Å². The first kappa shape index (κ1) is 19.4. The van der Waals surface area contributed by atoms with Crippen LogP contribution in [0.3, 0.4) is 0 Å². The summed E-state index contributed by atoms with van der Waals surface area (Å²) in [5.74, 6) is -0.197. The molecule has 1 amide bonds. The first-order valence-corrected chi connectivity index (χ1v) is 7.89. The first-order valence-electron chi connectivity index (χ1n) is 7.89. The maximum Gasteiger partial charge on any atom is 0.235 e. The van der Waals surface area contributed by atoms with Crippen LogP contribution in [0.2, 0.25) is 0 Å². The number of carbonyl (C=O) groups is 1. The topological polar surface area (TPSA) is 79.9 Å². The molecule has 1 rings (SSSR count). The monoisotopic (exact) mass is 324 g/mol. The molecule has 1 atom stereocenters. The van der Waals surface area contributed by atoms with E-state index in [1.807, 2.05) is 36.9 Å². The van der Waals surface area contributed by atoms with E-state index in [4.69, 9.17) is 5.26 Å². The highest BCUT2D eigenvalue weighted by molar-refractivity contribution is 5.79. The highest BCUT2D eigenvalue weighted by Crippen LogP contribution is 2.15. The third-order valence-corrected chi connectivity index (χ3v) is 4.00. The zero-order chi connectivity index (χ0) is 18.2. The molecule has 0 aliphatic heterocycles. The maximum atomic E-state index is 12.3. The van der Waals surface area contributed by atoms with E-state index in [1.54, 1.807) is 19.1 Å². The molecule has 0 saturated heterocycles. The molecule has 0 bridgehead atoms. The molecular formula is C19H24N4O. The van der Waals surface area contributed by atoms with Gasteiger partial charge in [0, 0.05) is 13.1 Å². The predicted octanol–water partition coefficient (Wildman–Crippen LogP) is 2.60. The van der Waals surface area contributed by atoms with E-state index in [0.717, 1.165) is 5.56 Å². The Kier molecular flexibility index (Phi) is 7.17. The molecule has 1 aromatic rings. The maximum absolute atomic E-state index is 12.3. The lowest BCUT2D eigenvalue weighted by atomic mass is 9.90. The van der Waals surface area contributed by atoms with E-state index in [2.05, 4.69) is 24.0 Å². The van der Waals surface area contributed by atoms with Crippen LogP contribution < -0.4 is 5.32 Å². The summed E-state index contributed by atoms with van der Waals surface area (Å²) in [4.78, 5) is 14.2. The van der Waals surface area contributed by atoms with Crippen molar-refractivity contribution in [2.24, 2.45) is 5.92 Å². The third-order valence-electron chi connectivity index (χ3n) is 4.00. The van der Waals surface area contributed by atoms with Gasteiger partial charge in [-0.3, -0.25) is 9.69 Å². The van der Waals surface area contributed by atoms with Gasteiger partial charge < -0.3 is 5.32 Å². The van der Waals surface area contributed by atoms with E-state index < -0.39 is 5.54 Å². The molecule has 0 aliphatic carbocycles. The summed E-state index contributed by atoms with van der Waals surface area (Å²) >= 11 is 0. The molecule has 0 aliphatic rings. The smallest absolute Gasteiger partial charge is 0.235 e. The highest BCUT2D eigenvalue weighted by Gasteiger charge is 2.30. The normalized spacial score (nSPS) is 13.0. The Morgan fingerprint density at radius 3 is 2.71 bits per heavy atom. The van der Waals surface area contributed by atoms with Gasteiger partial charge in [-0.15, -0.1) is 6.58 Å². The lowest BCUT2D eigenvalue weighted by molar-refractivity contribution is -0.123. The predicted molar refractivity (Wildman–Crippen MR) is 93.6 cm³/mol. The largest absolute Gasteiger partial charge is 0.337 e. The van der Waals surface area contributed by atoms with Crippen LogP contribution in [-0.4, -0.2) is 29.4 Å². The Hall–Kier alpha value is -2.63. The Bertz CT molecular complexity index is 669. The standard InChI is InChI=1S/C19H24N4O/c1-5-9-23(12-17-8-6-7-16(10-17)11-20)13-18(24)22-19(4,14-21)15(2)3/h5-8,10,15H,1,9,12-13H2,2-4H3,(H,22,24)/t19-/m0/s1. The van der Waals surface area contributed by atoms with Crippen LogP contribution in [0.4, 0.5) is 0 Å². The van der Waals surface area contributed by atoms with Gasteiger partial charge >= 0.3 is 0 Å². The summed E-state index contributed by atoms with van der Waals surface area (Å²) in [7, 11) is 0. The molecule has 24 heavy (non-hydrogen) atoms. The van der Waals surface area contributed by atoms with Crippen LogP contribution in [-0.2, 0) is 11.3 Å². The second-order valence-corrected chi connectivity index (χ2v) is 6.29. The molecule has 1 aromatic carbocycles. The summed E-state index contributed by atoms with van der Waals surface area (Å²) < 4.78 is 0. The number of nitrogens with one attached hydrogen (secondary N) is 1. The summed E-state index contributed by atoms with van der Waals surface area (Å²) in [5.41, 5.74) is 0.653. The van der Waals surface area contributed by atoms with Crippen molar-refractivity contribution in [1.82, 2.24) is 10.2 Å². The quantitative estimate of drug-likeness (QED) is 0.745. The number of hydrogen-bond acceptors (Lipinski definition) is 4. The highest BCUT2D eigenvalue weighted by atomic mass is 16.2. The molecule has 126 valence electrons. The molecular weight excluding hydrogens is 300 g/mol. The van der Waals surface area contributed by atoms with E-state index >= 15 is 0 Å². The van der Waals surface area contributed by atoms with E-state index in [-0.39, 0.29) is 18.4 Å². The number of nitrogens with zero attached hydrogens (tertiary/aromatic N) is 3. The Morgan fingerprint density at radius 2 is 2.17 bits per heavy atom. The Morgan fingerprint density at radius 1 is 1.46 bits per heavy atom. The summed E-state index contributed by atoms with van der Waals surface area (Å²) in [6.07, 6.45) is 1.73. The first-order chi connectivity index (χ1) is 11.3. The van der Waals surface area contributed by atoms with Gasteiger partial charge in [-0.1, -0.05) is 32.1 Å². The van der Waals surface area contributed by atoms with E-state index in [0.29, 0.717) is 18.7 Å². The molecule has 0 fully saturated rings. The van der Waals surface area contributed by atoms with Gasteiger partial charge in [-0.05, 0) is 30.5 Å². The van der Waals surface area contributed by atoms with E-state index in [9.17, 15) is 10.1 Å². The number of hydrogen-bond donors (Lipinski definition) is 1. The van der Waals surface area contributed by atoms with Crippen molar-refractivity contribution < 1.29 is 4.79 Å². The number of rotatable bonds is 8. The van der Waals surface area contributed by atoms with Crippen molar-refractivity contribution in [3.63, 3.8) is 0 Å². The molecule has 0 spiro atoms. The van der Waals surface area contributed by atoms with Crippen molar-refractivity contribution >= 4 is 5.91 Å². The molecule has 0 radical (unpaired) electrons. The van der Waals surface area contributed by atoms with Crippen molar-refractivity contribution in [3.8, 4) is 12.1 Å². The Balaban J connectivity index is 2.79. The average Bonchev–Trinajstić information content (AvgIpc) is 2.54. The second kappa shape index (κ2) is 8.86. The number of benzene rings is 1. The summed E-state index contributed by atoms with van der Waals surface area (Å²) in [6, 6.07) is 11.6. The van der Waals surface area contributed by atoms with Crippen molar-refractivity contribution in [1.29, 1.82) is 10.5 Å². The number of amides is 1. The van der Waals surface area contributed by atoms with Crippen LogP contribution in [0.5, 0.6) is 0 Å².